The quantitative estimate of drug-likeness (QED) is 0.701. The van der Waals surface area contributed by atoms with Crippen LogP contribution >= 0.6 is 0 Å². The smallest absolute Gasteiger partial charge is 0.224 e. The molecule has 0 atom stereocenters. The van der Waals surface area contributed by atoms with E-state index in [2.05, 4.69) is 5.32 Å². The van der Waals surface area contributed by atoms with Crippen LogP contribution in [0.1, 0.15) is 17.7 Å². The Hall–Kier alpha value is -3.01. The molecule has 1 N–H and O–H groups in total. The van der Waals surface area contributed by atoms with Crippen molar-refractivity contribution in [2.45, 2.75) is 19.8 Å². The third-order valence-corrected chi connectivity index (χ3v) is 3.94. The van der Waals surface area contributed by atoms with Gasteiger partial charge in [0.1, 0.15) is 17.3 Å². The summed E-state index contributed by atoms with van der Waals surface area (Å²) in [6.45, 7) is 2.00. The third kappa shape index (κ3) is 4.51. The topological polar surface area (TPSA) is 51.5 Å². The van der Waals surface area contributed by atoms with Crippen molar-refractivity contribution in [2.24, 2.45) is 0 Å². The van der Waals surface area contributed by atoms with E-state index in [0.717, 1.165) is 34.1 Å². The number of aryl methyl sites for hydroxylation is 2. The average molecular weight is 335 g/mol. The largest absolute Gasteiger partial charge is 0.497 e. The van der Waals surface area contributed by atoms with Gasteiger partial charge in [0.25, 0.3) is 0 Å². The summed E-state index contributed by atoms with van der Waals surface area (Å²) in [4.78, 5) is 12.1. The SMILES string of the molecule is COc1ccc(-c2ccc(CCC(=O)Nc3cccc(C)c3)o2)cc1. The van der Waals surface area contributed by atoms with Crippen LogP contribution in [0.2, 0.25) is 0 Å². The highest BCUT2D eigenvalue weighted by atomic mass is 16.5. The molecule has 3 aromatic rings. The zero-order chi connectivity index (χ0) is 17.6. The molecule has 0 unspecified atom stereocenters. The van der Waals surface area contributed by atoms with Gasteiger partial charge < -0.3 is 14.5 Å². The summed E-state index contributed by atoms with van der Waals surface area (Å²) >= 11 is 0. The maximum atomic E-state index is 12.1. The van der Waals surface area contributed by atoms with E-state index >= 15 is 0 Å². The van der Waals surface area contributed by atoms with E-state index in [0.29, 0.717) is 12.8 Å². The summed E-state index contributed by atoms with van der Waals surface area (Å²) in [5.41, 5.74) is 2.92. The molecule has 1 amide bonds. The second-order valence-electron chi connectivity index (χ2n) is 5.91. The number of amides is 1. The number of rotatable bonds is 6. The maximum Gasteiger partial charge on any atom is 0.224 e. The highest BCUT2D eigenvalue weighted by Crippen LogP contribution is 2.25. The number of hydrogen-bond donors (Lipinski definition) is 1. The van der Waals surface area contributed by atoms with Gasteiger partial charge in [-0.3, -0.25) is 4.79 Å². The standard InChI is InChI=1S/C21H21NO3/c1-15-4-3-5-17(14-15)22-21(23)13-11-19-10-12-20(25-19)16-6-8-18(24-2)9-7-16/h3-10,12,14H,11,13H2,1-2H3,(H,22,23). The van der Waals surface area contributed by atoms with E-state index < -0.39 is 0 Å². The fraction of sp³-hybridized carbons (Fsp3) is 0.190. The molecule has 0 radical (unpaired) electrons. The van der Waals surface area contributed by atoms with Gasteiger partial charge in [-0.2, -0.15) is 0 Å². The monoisotopic (exact) mass is 335 g/mol. The average Bonchev–Trinajstić information content (AvgIpc) is 3.09. The highest BCUT2D eigenvalue weighted by molar-refractivity contribution is 5.90. The van der Waals surface area contributed by atoms with Crippen LogP contribution in [-0.2, 0) is 11.2 Å². The number of nitrogens with one attached hydrogen (secondary N) is 1. The molecular formula is C21H21NO3. The van der Waals surface area contributed by atoms with Crippen LogP contribution in [0, 0.1) is 6.92 Å². The molecule has 4 heteroatoms. The summed E-state index contributed by atoms with van der Waals surface area (Å²) < 4.78 is 11.0. The van der Waals surface area contributed by atoms with Gasteiger partial charge in [0.15, 0.2) is 0 Å². The number of carbonyl (C=O) groups is 1. The summed E-state index contributed by atoms with van der Waals surface area (Å²) in [6.07, 6.45) is 0.942. The summed E-state index contributed by atoms with van der Waals surface area (Å²) in [6, 6.07) is 19.3. The van der Waals surface area contributed by atoms with Gasteiger partial charge in [0.2, 0.25) is 5.91 Å². The van der Waals surface area contributed by atoms with E-state index in [-0.39, 0.29) is 5.91 Å². The maximum absolute atomic E-state index is 12.1. The molecule has 0 saturated carbocycles. The minimum atomic E-state index is -0.0204. The van der Waals surface area contributed by atoms with E-state index in [9.17, 15) is 4.79 Å². The van der Waals surface area contributed by atoms with Gasteiger partial charge in [-0.25, -0.2) is 0 Å². The van der Waals surface area contributed by atoms with Gasteiger partial charge >= 0.3 is 0 Å². The van der Waals surface area contributed by atoms with Gasteiger partial charge in [0, 0.05) is 24.1 Å². The van der Waals surface area contributed by atoms with Crippen molar-refractivity contribution < 1.29 is 13.9 Å². The third-order valence-electron chi connectivity index (χ3n) is 3.94. The number of ether oxygens (including phenoxy) is 1. The van der Waals surface area contributed by atoms with Crippen LogP contribution in [0.5, 0.6) is 5.75 Å². The zero-order valence-electron chi connectivity index (χ0n) is 14.4. The summed E-state index contributed by atoms with van der Waals surface area (Å²) in [5.74, 6) is 2.37. The minimum absolute atomic E-state index is 0.0204. The first kappa shape index (κ1) is 16.8. The number of carbonyl (C=O) groups excluding carboxylic acids is 1. The van der Waals surface area contributed by atoms with Crippen molar-refractivity contribution in [3.8, 4) is 17.1 Å². The minimum Gasteiger partial charge on any atom is -0.497 e. The highest BCUT2D eigenvalue weighted by Gasteiger charge is 2.08. The fourth-order valence-corrected chi connectivity index (χ4v) is 2.61. The molecule has 1 heterocycles. The number of anilines is 1. The lowest BCUT2D eigenvalue weighted by molar-refractivity contribution is -0.116. The van der Waals surface area contributed by atoms with Crippen LogP contribution < -0.4 is 10.1 Å². The van der Waals surface area contributed by atoms with Crippen molar-refractivity contribution in [3.05, 3.63) is 72.0 Å². The summed E-state index contributed by atoms with van der Waals surface area (Å²) in [7, 11) is 1.64. The van der Waals surface area contributed by atoms with Gasteiger partial charge in [-0.1, -0.05) is 12.1 Å². The molecule has 1 aromatic heterocycles. The van der Waals surface area contributed by atoms with Crippen LogP contribution in [0.4, 0.5) is 5.69 Å². The summed E-state index contributed by atoms with van der Waals surface area (Å²) in [5, 5.41) is 2.91. The van der Waals surface area contributed by atoms with Gasteiger partial charge in [-0.15, -0.1) is 0 Å². The van der Waals surface area contributed by atoms with Crippen LogP contribution in [0.3, 0.4) is 0 Å². The van der Waals surface area contributed by atoms with Crippen molar-refractivity contribution in [2.75, 3.05) is 12.4 Å². The number of methoxy groups -OCH3 is 1. The lowest BCUT2D eigenvalue weighted by atomic mass is 10.2. The normalized spacial score (nSPS) is 10.5. The molecule has 0 aliphatic heterocycles. The number of furan rings is 1. The van der Waals surface area contributed by atoms with Gasteiger partial charge in [-0.05, 0) is 61.0 Å². The van der Waals surface area contributed by atoms with E-state index in [1.807, 2.05) is 67.6 Å². The Balaban J connectivity index is 1.56. The lowest BCUT2D eigenvalue weighted by Gasteiger charge is -2.05. The van der Waals surface area contributed by atoms with Crippen molar-refractivity contribution in [1.82, 2.24) is 0 Å². The molecule has 25 heavy (non-hydrogen) atoms. The van der Waals surface area contributed by atoms with Crippen molar-refractivity contribution >= 4 is 11.6 Å². The van der Waals surface area contributed by atoms with Gasteiger partial charge in [0.05, 0.1) is 7.11 Å². The molecule has 0 saturated heterocycles. The Labute approximate surface area is 147 Å². The molecule has 0 aliphatic rings. The molecule has 2 aromatic carbocycles. The Bertz CT molecular complexity index is 850. The van der Waals surface area contributed by atoms with E-state index in [1.165, 1.54) is 0 Å². The van der Waals surface area contributed by atoms with E-state index in [1.54, 1.807) is 7.11 Å². The fourth-order valence-electron chi connectivity index (χ4n) is 2.61. The Morgan fingerprint density at radius 2 is 1.88 bits per heavy atom. The molecule has 0 spiro atoms. The molecule has 3 rings (SSSR count). The van der Waals surface area contributed by atoms with Crippen LogP contribution in [-0.4, -0.2) is 13.0 Å². The number of hydrogen-bond acceptors (Lipinski definition) is 3. The second-order valence-corrected chi connectivity index (χ2v) is 5.91. The molecule has 128 valence electrons. The van der Waals surface area contributed by atoms with Crippen molar-refractivity contribution in [1.29, 1.82) is 0 Å². The first-order chi connectivity index (χ1) is 12.1. The Kier molecular flexibility index (Phi) is 5.19. The lowest BCUT2D eigenvalue weighted by Crippen LogP contribution is -2.12. The Morgan fingerprint density at radius 3 is 2.60 bits per heavy atom. The van der Waals surface area contributed by atoms with Crippen molar-refractivity contribution in [3.63, 3.8) is 0 Å². The molecule has 0 bridgehead atoms. The predicted molar refractivity (Wildman–Crippen MR) is 98.8 cm³/mol. The molecule has 0 aliphatic carbocycles. The number of benzene rings is 2. The predicted octanol–water partition coefficient (Wildman–Crippen LogP) is 4.83. The molecular weight excluding hydrogens is 314 g/mol. The molecule has 4 nitrogen and oxygen atoms in total. The second kappa shape index (κ2) is 7.71. The van der Waals surface area contributed by atoms with Crippen LogP contribution in [0.25, 0.3) is 11.3 Å². The first-order valence-corrected chi connectivity index (χ1v) is 8.24. The zero-order valence-corrected chi connectivity index (χ0v) is 14.4. The Morgan fingerprint density at radius 1 is 1.08 bits per heavy atom. The van der Waals surface area contributed by atoms with E-state index in [4.69, 9.17) is 9.15 Å². The van der Waals surface area contributed by atoms with Crippen LogP contribution in [0.15, 0.2) is 65.1 Å². The molecule has 0 fully saturated rings. The first-order valence-electron chi connectivity index (χ1n) is 8.24.